The molecule has 3 rings (SSSR count). The number of anilines is 1. The molecule has 2 atom stereocenters. The number of oxazole rings is 1. The summed E-state index contributed by atoms with van der Waals surface area (Å²) >= 11 is 0. The Bertz CT molecular complexity index is 691. The van der Waals surface area contributed by atoms with E-state index in [4.69, 9.17) is 14.9 Å². The lowest BCUT2D eigenvalue weighted by Crippen LogP contribution is -2.29. The maximum atomic E-state index is 12.3. The molecule has 0 saturated carbocycles. The van der Waals surface area contributed by atoms with Gasteiger partial charge in [0.1, 0.15) is 11.9 Å². The highest BCUT2D eigenvalue weighted by Crippen LogP contribution is 2.25. The van der Waals surface area contributed by atoms with E-state index in [0.717, 1.165) is 23.4 Å². The van der Waals surface area contributed by atoms with Gasteiger partial charge in [0.05, 0.1) is 11.8 Å². The molecule has 2 heterocycles. The molecular weight excluding hydrogens is 294 g/mol. The van der Waals surface area contributed by atoms with Crippen molar-refractivity contribution >= 4 is 11.6 Å². The largest absolute Gasteiger partial charge is 0.441 e. The van der Waals surface area contributed by atoms with Gasteiger partial charge in [-0.05, 0) is 44.9 Å². The number of carbonyl (C=O) groups excluding carboxylic acids is 1. The normalized spacial score (nSPS) is 20.7. The van der Waals surface area contributed by atoms with Gasteiger partial charge in [0.15, 0.2) is 0 Å². The fourth-order valence-corrected chi connectivity index (χ4v) is 2.62. The average molecular weight is 315 g/mol. The van der Waals surface area contributed by atoms with Crippen molar-refractivity contribution in [3.63, 3.8) is 0 Å². The van der Waals surface area contributed by atoms with Gasteiger partial charge in [-0.3, -0.25) is 4.79 Å². The quantitative estimate of drug-likeness (QED) is 0.904. The molecule has 0 aliphatic carbocycles. The van der Waals surface area contributed by atoms with Crippen LogP contribution >= 0.6 is 0 Å². The van der Waals surface area contributed by atoms with Crippen LogP contribution in [0.25, 0.3) is 11.5 Å². The number of carbonyl (C=O) groups is 1. The molecule has 6 heteroatoms. The van der Waals surface area contributed by atoms with Crippen LogP contribution in [0.2, 0.25) is 0 Å². The van der Waals surface area contributed by atoms with Crippen molar-refractivity contribution in [3.05, 3.63) is 35.7 Å². The first kappa shape index (κ1) is 15.7. The summed E-state index contributed by atoms with van der Waals surface area (Å²) in [6, 6.07) is 7.44. The summed E-state index contributed by atoms with van der Waals surface area (Å²) in [5, 5.41) is 2.89. The van der Waals surface area contributed by atoms with Crippen molar-refractivity contribution in [1.82, 2.24) is 4.98 Å². The third-order valence-corrected chi connectivity index (χ3v) is 4.07. The first-order valence-corrected chi connectivity index (χ1v) is 7.77. The van der Waals surface area contributed by atoms with E-state index in [0.29, 0.717) is 24.5 Å². The van der Waals surface area contributed by atoms with Crippen LogP contribution in [-0.2, 0) is 9.53 Å². The molecule has 23 heavy (non-hydrogen) atoms. The van der Waals surface area contributed by atoms with Crippen LogP contribution in [0.1, 0.15) is 24.3 Å². The topological polar surface area (TPSA) is 90.4 Å². The van der Waals surface area contributed by atoms with Gasteiger partial charge in [0.25, 0.3) is 5.91 Å². The highest BCUT2D eigenvalue weighted by Gasteiger charge is 2.29. The second-order valence-corrected chi connectivity index (χ2v) is 5.79. The summed E-state index contributed by atoms with van der Waals surface area (Å²) in [5.41, 5.74) is 7.96. The fourth-order valence-electron chi connectivity index (χ4n) is 2.62. The number of ether oxygens (including phenoxy) is 1. The van der Waals surface area contributed by atoms with E-state index < -0.39 is 6.10 Å². The monoisotopic (exact) mass is 315 g/mol. The highest BCUT2D eigenvalue weighted by atomic mass is 16.5. The SMILES string of the molecule is Cc1nc(-c2cccc(NC(=O)[C@@H]3CC[C@H](CN)O3)c2)oc1C. The van der Waals surface area contributed by atoms with Gasteiger partial charge in [0.2, 0.25) is 5.89 Å². The summed E-state index contributed by atoms with van der Waals surface area (Å²) in [6.07, 6.45) is 1.07. The van der Waals surface area contributed by atoms with Gasteiger partial charge in [0, 0.05) is 17.8 Å². The molecule has 0 bridgehead atoms. The highest BCUT2D eigenvalue weighted by molar-refractivity contribution is 5.94. The lowest BCUT2D eigenvalue weighted by molar-refractivity contribution is -0.126. The molecule has 1 aliphatic heterocycles. The molecule has 0 unspecified atom stereocenters. The van der Waals surface area contributed by atoms with Crippen LogP contribution in [0.15, 0.2) is 28.7 Å². The van der Waals surface area contributed by atoms with Gasteiger partial charge < -0.3 is 20.2 Å². The fraction of sp³-hybridized carbons (Fsp3) is 0.412. The van der Waals surface area contributed by atoms with Gasteiger partial charge in [-0.1, -0.05) is 6.07 Å². The van der Waals surface area contributed by atoms with Crippen LogP contribution in [-0.4, -0.2) is 29.6 Å². The van der Waals surface area contributed by atoms with Crippen molar-refractivity contribution in [3.8, 4) is 11.5 Å². The Morgan fingerprint density at radius 3 is 2.87 bits per heavy atom. The molecule has 1 aliphatic rings. The number of aryl methyl sites for hydroxylation is 2. The van der Waals surface area contributed by atoms with E-state index in [1.807, 2.05) is 38.1 Å². The van der Waals surface area contributed by atoms with Crippen molar-refractivity contribution in [2.24, 2.45) is 5.73 Å². The molecule has 1 aromatic carbocycles. The zero-order valence-electron chi connectivity index (χ0n) is 13.3. The predicted octanol–water partition coefficient (Wildman–Crippen LogP) is 2.40. The van der Waals surface area contributed by atoms with E-state index >= 15 is 0 Å². The molecule has 1 fully saturated rings. The number of nitrogens with zero attached hydrogens (tertiary/aromatic N) is 1. The van der Waals surface area contributed by atoms with Crippen LogP contribution in [0.4, 0.5) is 5.69 Å². The molecule has 1 saturated heterocycles. The van der Waals surface area contributed by atoms with E-state index in [9.17, 15) is 4.79 Å². The Balaban J connectivity index is 1.71. The Labute approximate surface area is 135 Å². The third-order valence-electron chi connectivity index (χ3n) is 4.07. The minimum atomic E-state index is -0.432. The maximum Gasteiger partial charge on any atom is 0.253 e. The lowest BCUT2D eigenvalue weighted by Gasteiger charge is -2.13. The van der Waals surface area contributed by atoms with Crippen molar-refractivity contribution in [2.75, 3.05) is 11.9 Å². The van der Waals surface area contributed by atoms with E-state index in [1.54, 1.807) is 0 Å². The minimum absolute atomic E-state index is 0.0182. The third kappa shape index (κ3) is 3.43. The van der Waals surface area contributed by atoms with E-state index in [1.165, 1.54) is 0 Å². The summed E-state index contributed by atoms with van der Waals surface area (Å²) in [6.45, 7) is 4.23. The first-order chi connectivity index (χ1) is 11.1. The smallest absolute Gasteiger partial charge is 0.253 e. The molecule has 1 amide bonds. The number of hydrogen-bond donors (Lipinski definition) is 2. The van der Waals surface area contributed by atoms with Crippen LogP contribution < -0.4 is 11.1 Å². The van der Waals surface area contributed by atoms with Gasteiger partial charge in [-0.15, -0.1) is 0 Å². The van der Waals surface area contributed by atoms with E-state index in [-0.39, 0.29) is 12.0 Å². The summed E-state index contributed by atoms with van der Waals surface area (Å²) in [7, 11) is 0. The molecule has 0 radical (unpaired) electrons. The van der Waals surface area contributed by atoms with Crippen LogP contribution in [0.5, 0.6) is 0 Å². The average Bonchev–Trinajstić information content (AvgIpc) is 3.15. The van der Waals surface area contributed by atoms with Gasteiger partial charge in [-0.25, -0.2) is 4.98 Å². The summed E-state index contributed by atoms with van der Waals surface area (Å²) in [4.78, 5) is 16.6. The molecule has 122 valence electrons. The zero-order valence-corrected chi connectivity index (χ0v) is 13.3. The second kappa shape index (κ2) is 6.52. The van der Waals surface area contributed by atoms with Gasteiger partial charge >= 0.3 is 0 Å². The lowest BCUT2D eigenvalue weighted by atomic mass is 10.1. The maximum absolute atomic E-state index is 12.3. The van der Waals surface area contributed by atoms with Crippen molar-refractivity contribution < 1.29 is 13.9 Å². The van der Waals surface area contributed by atoms with Crippen LogP contribution in [0.3, 0.4) is 0 Å². The Morgan fingerprint density at radius 1 is 1.39 bits per heavy atom. The Morgan fingerprint density at radius 2 is 2.22 bits per heavy atom. The first-order valence-electron chi connectivity index (χ1n) is 7.77. The molecule has 6 nitrogen and oxygen atoms in total. The second-order valence-electron chi connectivity index (χ2n) is 5.79. The molecule has 3 N–H and O–H groups in total. The summed E-state index contributed by atoms with van der Waals surface area (Å²) in [5.74, 6) is 1.20. The number of benzene rings is 1. The standard InChI is InChI=1S/C17H21N3O3/c1-10-11(2)22-17(19-10)12-4-3-5-13(8-12)20-16(21)15-7-6-14(9-18)23-15/h3-5,8,14-15H,6-7,9,18H2,1-2H3,(H,20,21)/t14-,15+/m1/s1. The minimum Gasteiger partial charge on any atom is -0.441 e. The number of aromatic nitrogens is 1. The van der Waals surface area contributed by atoms with Crippen molar-refractivity contribution in [2.45, 2.75) is 38.9 Å². The zero-order chi connectivity index (χ0) is 16.4. The number of hydrogen-bond acceptors (Lipinski definition) is 5. The molecular formula is C17H21N3O3. The summed E-state index contributed by atoms with van der Waals surface area (Å²) < 4.78 is 11.2. The van der Waals surface area contributed by atoms with Crippen LogP contribution in [0, 0.1) is 13.8 Å². The number of rotatable bonds is 4. The number of nitrogens with two attached hydrogens (primary N) is 1. The van der Waals surface area contributed by atoms with Crippen molar-refractivity contribution in [1.29, 1.82) is 0 Å². The Hall–Kier alpha value is -2.18. The molecule has 2 aromatic rings. The van der Waals surface area contributed by atoms with Gasteiger partial charge in [-0.2, -0.15) is 0 Å². The number of amides is 1. The number of nitrogens with one attached hydrogen (secondary N) is 1. The predicted molar refractivity (Wildman–Crippen MR) is 87.0 cm³/mol. The molecule has 0 spiro atoms. The molecule has 1 aromatic heterocycles. The Kier molecular flexibility index (Phi) is 4.45. The van der Waals surface area contributed by atoms with E-state index in [2.05, 4.69) is 10.3 Å².